The number of aromatic nitrogens is 3. The number of ether oxygens (including phenoxy) is 1. The normalized spacial score (nSPS) is 14.2. The first kappa shape index (κ1) is 22.7. The molecule has 168 valence electrons. The predicted octanol–water partition coefficient (Wildman–Crippen LogP) is 4.88. The first-order valence-corrected chi connectivity index (χ1v) is 12.0. The number of benzene rings is 2. The van der Waals surface area contributed by atoms with Crippen LogP contribution in [0.5, 0.6) is 5.75 Å². The van der Waals surface area contributed by atoms with Crippen molar-refractivity contribution in [3.05, 3.63) is 71.0 Å². The molecule has 1 atom stereocenters. The number of thioether (sulfide) groups is 1. The molecule has 1 amide bonds. The average Bonchev–Trinajstić information content (AvgIpc) is 3.58. The zero-order chi connectivity index (χ0) is 22.5. The summed E-state index contributed by atoms with van der Waals surface area (Å²) in [6.45, 7) is 3.54. The van der Waals surface area contributed by atoms with Gasteiger partial charge in [0.25, 0.3) is 0 Å². The number of nitrogens with zero attached hydrogens (tertiary/aromatic N) is 4. The lowest BCUT2D eigenvalue weighted by Crippen LogP contribution is -2.36. The van der Waals surface area contributed by atoms with Gasteiger partial charge in [-0.2, -0.15) is 0 Å². The standard InChI is InChI=1S/C24H27ClN4O2S/c1-17(23(30)28(2)14-15-31-21-12-10-20(25)11-13-21)32-24-27-26-22(19-8-9-19)29(24)16-18-6-4-3-5-7-18/h3-7,10-13,17,19H,8-9,14-16H2,1-2H3. The van der Waals surface area contributed by atoms with Crippen molar-refractivity contribution in [3.63, 3.8) is 0 Å². The highest BCUT2D eigenvalue weighted by molar-refractivity contribution is 8.00. The van der Waals surface area contributed by atoms with Crippen molar-refractivity contribution in [2.24, 2.45) is 0 Å². The Morgan fingerprint density at radius 3 is 2.59 bits per heavy atom. The molecule has 1 saturated carbocycles. The Kier molecular flexibility index (Phi) is 7.37. The summed E-state index contributed by atoms with van der Waals surface area (Å²) < 4.78 is 7.89. The number of hydrogen-bond donors (Lipinski definition) is 0. The van der Waals surface area contributed by atoms with Crippen molar-refractivity contribution < 1.29 is 9.53 Å². The molecule has 0 bridgehead atoms. The van der Waals surface area contributed by atoms with Gasteiger partial charge in [0.05, 0.1) is 18.3 Å². The second kappa shape index (κ2) is 10.4. The quantitative estimate of drug-likeness (QED) is 0.395. The number of rotatable bonds is 10. The van der Waals surface area contributed by atoms with E-state index in [9.17, 15) is 4.79 Å². The number of carbonyl (C=O) groups excluding carboxylic acids is 1. The number of amides is 1. The van der Waals surface area contributed by atoms with Crippen molar-refractivity contribution >= 4 is 29.3 Å². The molecule has 1 aliphatic rings. The fourth-order valence-electron chi connectivity index (χ4n) is 3.41. The van der Waals surface area contributed by atoms with Gasteiger partial charge in [0, 0.05) is 18.0 Å². The van der Waals surface area contributed by atoms with E-state index in [2.05, 4.69) is 26.9 Å². The van der Waals surface area contributed by atoms with Crippen LogP contribution in [0.1, 0.15) is 37.1 Å². The number of halogens is 1. The van der Waals surface area contributed by atoms with E-state index in [1.54, 1.807) is 24.1 Å². The number of hydrogen-bond acceptors (Lipinski definition) is 5. The molecular formula is C24H27ClN4O2S. The summed E-state index contributed by atoms with van der Waals surface area (Å²) in [5.41, 5.74) is 1.20. The molecular weight excluding hydrogens is 444 g/mol. The molecule has 1 fully saturated rings. The van der Waals surface area contributed by atoms with Crippen molar-refractivity contribution in [3.8, 4) is 5.75 Å². The lowest BCUT2D eigenvalue weighted by atomic mass is 10.2. The lowest BCUT2D eigenvalue weighted by Gasteiger charge is -2.21. The molecule has 1 heterocycles. The summed E-state index contributed by atoms with van der Waals surface area (Å²) in [4.78, 5) is 14.6. The Labute approximate surface area is 197 Å². The Morgan fingerprint density at radius 2 is 1.91 bits per heavy atom. The molecule has 1 unspecified atom stereocenters. The minimum absolute atomic E-state index is 0.0388. The lowest BCUT2D eigenvalue weighted by molar-refractivity contribution is -0.129. The second-order valence-corrected chi connectivity index (χ2v) is 9.75. The summed E-state index contributed by atoms with van der Waals surface area (Å²) in [6, 6.07) is 17.5. The van der Waals surface area contributed by atoms with Crippen LogP contribution < -0.4 is 4.74 Å². The van der Waals surface area contributed by atoms with Gasteiger partial charge in [-0.25, -0.2) is 0 Å². The van der Waals surface area contributed by atoms with Gasteiger partial charge in [0.1, 0.15) is 18.2 Å². The molecule has 0 spiro atoms. The smallest absolute Gasteiger partial charge is 0.235 e. The summed E-state index contributed by atoms with van der Waals surface area (Å²) in [5, 5.41) is 10.1. The zero-order valence-electron chi connectivity index (χ0n) is 18.3. The summed E-state index contributed by atoms with van der Waals surface area (Å²) in [7, 11) is 1.80. The van der Waals surface area contributed by atoms with Crippen LogP contribution in [0.25, 0.3) is 0 Å². The zero-order valence-corrected chi connectivity index (χ0v) is 19.9. The Hall–Kier alpha value is -2.51. The van der Waals surface area contributed by atoms with E-state index >= 15 is 0 Å². The van der Waals surface area contributed by atoms with E-state index in [-0.39, 0.29) is 11.2 Å². The van der Waals surface area contributed by atoms with E-state index in [1.165, 1.54) is 17.3 Å². The third-order valence-electron chi connectivity index (χ3n) is 5.39. The summed E-state index contributed by atoms with van der Waals surface area (Å²) in [6.07, 6.45) is 2.31. The Balaban J connectivity index is 1.35. The van der Waals surface area contributed by atoms with Crippen LogP contribution in [0, 0.1) is 0 Å². The third kappa shape index (κ3) is 5.84. The molecule has 0 saturated heterocycles. The fraction of sp³-hybridized carbons (Fsp3) is 0.375. The first-order chi connectivity index (χ1) is 15.5. The van der Waals surface area contributed by atoms with E-state index in [4.69, 9.17) is 16.3 Å². The molecule has 1 aromatic heterocycles. The minimum atomic E-state index is -0.277. The van der Waals surface area contributed by atoms with Crippen LogP contribution in [0.2, 0.25) is 5.02 Å². The Bertz CT molecular complexity index is 1040. The molecule has 0 radical (unpaired) electrons. The van der Waals surface area contributed by atoms with Gasteiger partial charge in [-0.1, -0.05) is 53.7 Å². The number of carbonyl (C=O) groups is 1. The van der Waals surface area contributed by atoms with E-state index in [0.717, 1.165) is 29.6 Å². The van der Waals surface area contributed by atoms with Crippen molar-refractivity contribution in [2.45, 2.75) is 42.6 Å². The van der Waals surface area contributed by atoms with E-state index in [1.807, 2.05) is 37.3 Å². The topological polar surface area (TPSA) is 60.2 Å². The average molecular weight is 471 g/mol. The largest absolute Gasteiger partial charge is 0.492 e. The maximum atomic E-state index is 12.9. The van der Waals surface area contributed by atoms with E-state index in [0.29, 0.717) is 30.6 Å². The summed E-state index contributed by atoms with van der Waals surface area (Å²) >= 11 is 7.36. The summed E-state index contributed by atoms with van der Waals surface area (Å²) in [5.74, 6) is 2.29. The van der Waals surface area contributed by atoms with Crippen molar-refractivity contribution in [1.29, 1.82) is 0 Å². The van der Waals surface area contributed by atoms with Gasteiger partial charge in [-0.05, 0) is 49.6 Å². The molecule has 3 aromatic rings. The first-order valence-electron chi connectivity index (χ1n) is 10.8. The van der Waals surface area contributed by atoms with Crippen LogP contribution in [0.4, 0.5) is 0 Å². The van der Waals surface area contributed by atoms with Gasteiger partial charge >= 0.3 is 0 Å². The molecule has 0 N–H and O–H groups in total. The third-order valence-corrected chi connectivity index (χ3v) is 6.71. The molecule has 0 aliphatic heterocycles. The van der Waals surface area contributed by atoms with E-state index < -0.39 is 0 Å². The van der Waals surface area contributed by atoms with Crippen LogP contribution in [-0.4, -0.2) is 51.0 Å². The molecule has 4 rings (SSSR count). The van der Waals surface area contributed by atoms with Crippen molar-refractivity contribution in [2.75, 3.05) is 20.2 Å². The maximum Gasteiger partial charge on any atom is 0.235 e. The van der Waals surface area contributed by atoms with Crippen LogP contribution in [0.15, 0.2) is 59.8 Å². The number of likely N-dealkylation sites (N-methyl/N-ethyl adjacent to an activating group) is 1. The highest BCUT2D eigenvalue weighted by atomic mass is 35.5. The van der Waals surface area contributed by atoms with Gasteiger partial charge in [0.2, 0.25) is 5.91 Å². The molecule has 1 aliphatic carbocycles. The maximum absolute atomic E-state index is 12.9. The predicted molar refractivity (Wildman–Crippen MR) is 127 cm³/mol. The van der Waals surface area contributed by atoms with Crippen LogP contribution in [-0.2, 0) is 11.3 Å². The van der Waals surface area contributed by atoms with Crippen LogP contribution >= 0.6 is 23.4 Å². The van der Waals surface area contributed by atoms with Gasteiger partial charge in [0.15, 0.2) is 5.16 Å². The van der Waals surface area contributed by atoms with Gasteiger partial charge in [-0.3, -0.25) is 4.79 Å². The SMILES string of the molecule is CC(Sc1nnc(C2CC2)n1Cc1ccccc1)C(=O)N(C)CCOc1ccc(Cl)cc1. The highest BCUT2D eigenvalue weighted by Gasteiger charge is 2.31. The van der Waals surface area contributed by atoms with Crippen molar-refractivity contribution in [1.82, 2.24) is 19.7 Å². The minimum Gasteiger partial charge on any atom is -0.492 e. The highest BCUT2D eigenvalue weighted by Crippen LogP contribution is 2.40. The van der Waals surface area contributed by atoms with Gasteiger partial charge in [-0.15, -0.1) is 10.2 Å². The second-order valence-electron chi connectivity index (χ2n) is 8.01. The fourth-order valence-corrected chi connectivity index (χ4v) is 4.50. The molecule has 32 heavy (non-hydrogen) atoms. The monoisotopic (exact) mass is 470 g/mol. The van der Waals surface area contributed by atoms with Gasteiger partial charge < -0.3 is 14.2 Å². The molecule has 6 nitrogen and oxygen atoms in total. The van der Waals surface area contributed by atoms with Crippen LogP contribution in [0.3, 0.4) is 0 Å². The molecule has 2 aromatic carbocycles. The Morgan fingerprint density at radius 1 is 1.19 bits per heavy atom. The molecule has 8 heteroatoms.